The summed E-state index contributed by atoms with van der Waals surface area (Å²) in [7, 11) is 1.46. The van der Waals surface area contributed by atoms with E-state index in [0.717, 1.165) is 41.9 Å². The molecule has 0 radical (unpaired) electrons. The van der Waals surface area contributed by atoms with E-state index in [9.17, 15) is 9.18 Å². The predicted molar refractivity (Wildman–Crippen MR) is 112 cm³/mol. The Labute approximate surface area is 173 Å². The summed E-state index contributed by atoms with van der Waals surface area (Å²) in [4.78, 5) is 17.0. The van der Waals surface area contributed by atoms with Gasteiger partial charge in [0.05, 0.1) is 13.2 Å². The summed E-state index contributed by atoms with van der Waals surface area (Å²) in [6, 6.07) is 12.4. The average molecular weight is 450 g/mol. The van der Waals surface area contributed by atoms with Gasteiger partial charge in [-0.25, -0.2) is 4.39 Å². The fraction of sp³-hybridized carbons (Fsp3) is 0.381. The number of carbonyl (C=O) groups is 1. The van der Waals surface area contributed by atoms with Crippen LogP contribution in [0.3, 0.4) is 0 Å². The van der Waals surface area contributed by atoms with Crippen LogP contribution < -0.4 is 10.1 Å². The lowest BCUT2D eigenvalue weighted by Crippen LogP contribution is -2.52. The summed E-state index contributed by atoms with van der Waals surface area (Å²) >= 11 is 3.39. The third-order valence-electron chi connectivity index (χ3n) is 5.07. The molecular weight excluding hydrogens is 425 g/mol. The maximum atomic E-state index is 13.9. The fourth-order valence-electron chi connectivity index (χ4n) is 3.32. The number of benzene rings is 2. The average Bonchev–Trinajstić information content (AvgIpc) is 2.70. The molecule has 1 aliphatic rings. The first kappa shape index (κ1) is 20.8. The molecule has 7 heteroatoms. The smallest absolute Gasteiger partial charge is 0.241 e. The first-order chi connectivity index (χ1) is 13.5. The molecule has 0 aromatic heterocycles. The van der Waals surface area contributed by atoms with Crippen molar-refractivity contribution in [2.75, 3.05) is 38.6 Å². The number of nitrogens with zero attached hydrogens (tertiary/aromatic N) is 2. The highest BCUT2D eigenvalue weighted by atomic mass is 79.9. The van der Waals surface area contributed by atoms with Crippen LogP contribution in [0.2, 0.25) is 0 Å². The highest BCUT2D eigenvalue weighted by molar-refractivity contribution is 9.10. The number of ether oxygens (including phenoxy) is 1. The van der Waals surface area contributed by atoms with Crippen LogP contribution in [0.5, 0.6) is 5.75 Å². The third kappa shape index (κ3) is 5.31. The Balaban J connectivity index is 1.49. The molecule has 2 aromatic rings. The van der Waals surface area contributed by atoms with E-state index < -0.39 is 0 Å². The van der Waals surface area contributed by atoms with Crippen molar-refractivity contribution in [3.63, 3.8) is 0 Å². The number of carbonyl (C=O) groups excluding carboxylic acids is 1. The molecule has 28 heavy (non-hydrogen) atoms. The summed E-state index contributed by atoms with van der Waals surface area (Å²) in [6.07, 6.45) is 0. The Kier molecular flexibility index (Phi) is 7.04. The molecule has 0 bridgehead atoms. The number of rotatable bonds is 6. The Bertz CT molecular complexity index is 808. The summed E-state index contributed by atoms with van der Waals surface area (Å²) in [5, 5.41) is 2.97. The first-order valence-corrected chi connectivity index (χ1v) is 10.1. The SMILES string of the molecule is COc1ccc(CN2CCN(C(C)C(=O)Nc3ccc(Br)cc3)CC2)cc1F. The molecule has 3 rings (SSSR count). The van der Waals surface area contributed by atoms with E-state index in [1.165, 1.54) is 13.2 Å². The minimum atomic E-state index is -0.336. The lowest BCUT2D eigenvalue weighted by molar-refractivity contribution is -0.121. The second-order valence-electron chi connectivity index (χ2n) is 6.95. The van der Waals surface area contributed by atoms with Crippen molar-refractivity contribution in [3.8, 4) is 5.75 Å². The largest absolute Gasteiger partial charge is 0.494 e. The van der Waals surface area contributed by atoms with Crippen molar-refractivity contribution in [2.45, 2.75) is 19.5 Å². The Hall–Kier alpha value is -1.96. The van der Waals surface area contributed by atoms with E-state index in [-0.39, 0.29) is 23.5 Å². The van der Waals surface area contributed by atoms with E-state index in [4.69, 9.17) is 4.74 Å². The zero-order chi connectivity index (χ0) is 20.1. The van der Waals surface area contributed by atoms with Gasteiger partial charge in [-0.3, -0.25) is 14.6 Å². The van der Waals surface area contributed by atoms with Gasteiger partial charge in [0.25, 0.3) is 0 Å². The van der Waals surface area contributed by atoms with Crippen molar-refractivity contribution < 1.29 is 13.9 Å². The van der Waals surface area contributed by atoms with E-state index in [0.29, 0.717) is 6.54 Å². The van der Waals surface area contributed by atoms with E-state index in [1.807, 2.05) is 37.3 Å². The van der Waals surface area contributed by atoms with Crippen LogP contribution in [0.4, 0.5) is 10.1 Å². The number of hydrogen-bond donors (Lipinski definition) is 1. The Morgan fingerprint density at radius 1 is 1.18 bits per heavy atom. The zero-order valence-corrected chi connectivity index (χ0v) is 17.7. The zero-order valence-electron chi connectivity index (χ0n) is 16.1. The molecular formula is C21H25BrFN3O2. The first-order valence-electron chi connectivity index (χ1n) is 9.31. The van der Waals surface area contributed by atoms with Gasteiger partial charge >= 0.3 is 0 Å². The van der Waals surface area contributed by atoms with Gasteiger partial charge in [-0.2, -0.15) is 0 Å². The second kappa shape index (κ2) is 9.49. The molecule has 5 nitrogen and oxygen atoms in total. The molecule has 1 amide bonds. The molecule has 1 atom stereocenters. The van der Waals surface area contributed by atoms with Crippen molar-refractivity contribution in [1.29, 1.82) is 0 Å². The van der Waals surface area contributed by atoms with Crippen LogP contribution in [0.15, 0.2) is 46.9 Å². The molecule has 1 heterocycles. The Morgan fingerprint density at radius 2 is 1.86 bits per heavy atom. The molecule has 0 saturated carbocycles. The summed E-state index contributed by atoms with van der Waals surface area (Å²) in [6.45, 7) is 5.89. The Morgan fingerprint density at radius 3 is 2.46 bits per heavy atom. The molecule has 1 fully saturated rings. The molecule has 0 aliphatic carbocycles. The summed E-state index contributed by atoms with van der Waals surface area (Å²) < 4.78 is 19.8. The highest BCUT2D eigenvalue weighted by Gasteiger charge is 2.25. The number of amides is 1. The van der Waals surface area contributed by atoms with Crippen LogP contribution in [0.25, 0.3) is 0 Å². The lowest BCUT2D eigenvalue weighted by atomic mass is 10.1. The van der Waals surface area contributed by atoms with Crippen molar-refractivity contribution >= 4 is 27.5 Å². The molecule has 1 aliphatic heterocycles. The van der Waals surface area contributed by atoms with E-state index >= 15 is 0 Å². The van der Waals surface area contributed by atoms with Crippen LogP contribution in [-0.4, -0.2) is 55.0 Å². The fourth-order valence-corrected chi connectivity index (χ4v) is 3.59. The molecule has 150 valence electrons. The minimum absolute atomic E-state index is 0.00648. The van der Waals surface area contributed by atoms with Crippen LogP contribution in [0, 0.1) is 5.82 Å². The maximum Gasteiger partial charge on any atom is 0.241 e. The second-order valence-corrected chi connectivity index (χ2v) is 7.87. The van der Waals surface area contributed by atoms with Gasteiger partial charge in [-0.15, -0.1) is 0 Å². The van der Waals surface area contributed by atoms with E-state index in [2.05, 4.69) is 31.0 Å². The topological polar surface area (TPSA) is 44.8 Å². The van der Waals surface area contributed by atoms with Gasteiger partial charge in [0, 0.05) is 42.9 Å². The predicted octanol–water partition coefficient (Wildman–Crippen LogP) is 3.74. The van der Waals surface area contributed by atoms with Crippen molar-refractivity contribution in [1.82, 2.24) is 9.80 Å². The molecule has 2 aromatic carbocycles. The molecule has 1 saturated heterocycles. The third-order valence-corrected chi connectivity index (χ3v) is 5.60. The van der Waals surface area contributed by atoms with Gasteiger partial charge < -0.3 is 10.1 Å². The van der Waals surface area contributed by atoms with Gasteiger partial charge in [-0.05, 0) is 48.9 Å². The number of piperazine rings is 1. The van der Waals surface area contributed by atoms with Gasteiger partial charge in [0.15, 0.2) is 11.6 Å². The lowest BCUT2D eigenvalue weighted by Gasteiger charge is -2.37. The molecule has 1 N–H and O–H groups in total. The minimum Gasteiger partial charge on any atom is -0.494 e. The molecule has 1 unspecified atom stereocenters. The van der Waals surface area contributed by atoms with Crippen LogP contribution in [-0.2, 0) is 11.3 Å². The number of anilines is 1. The van der Waals surface area contributed by atoms with Crippen LogP contribution >= 0.6 is 15.9 Å². The van der Waals surface area contributed by atoms with Crippen molar-refractivity contribution in [3.05, 3.63) is 58.3 Å². The normalized spacial score (nSPS) is 16.6. The van der Waals surface area contributed by atoms with Gasteiger partial charge in [0.2, 0.25) is 5.91 Å². The van der Waals surface area contributed by atoms with Gasteiger partial charge in [-0.1, -0.05) is 22.0 Å². The maximum absolute atomic E-state index is 13.9. The van der Waals surface area contributed by atoms with Crippen molar-refractivity contribution in [2.24, 2.45) is 0 Å². The highest BCUT2D eigenvalue weighted by Crippen LogP contribution is 2.20. The van der Waals surface area contributed by atoms with E-state index in [1.54, 1.807) is 6.07 Å². The number of hydrogen-bond acceptors (Lipinski definition) is 4. The monoisotopic (exact) mass is 449 g/mol. The standard InChI is InChI=1S/C21H25BrFN3O2/c1-15(21(27)24-18-6-4-17(22)5-7-18)26-11-9-25(10-12-26)14-16-3-8-20(28-2)19(23)13-16/h3-8,13,15H,9-12,14H2,1-2H3,(H,24,27). The number of methoxy groups -OCH3 is 1. The quantitative estimate of drug-likeness (QED) is 0.729. The number of nitrogens with one attached hydrogen (secondary N) is 1. The summed E-state index contributed by atoms with van der Waals surface area (Å²) in [5.41, 5.74) is 1.72. The van der Waals surface area contributed by atoms with Crippen LogP contribution in [0.1, 0.15) is 12.5 Å². The summed E-state index contributed by atoms with van der Waals surface area (Å²) in [5.74, 6) is -0.0796. The van der Waals surface area contributed by atoms with Gasteiger partial charge in [0.1, 0.15) is 0 Å². The number of halogens is 2. The molecule has 0 spiro atoms.